The molecule has 0 rings (SSSR count). The summed E-state index contributed by atoms with van der Waals surface area (Å²) in [5.74, 6) is -1.63. The molecule has 0 atom stereocenters. The Kier molecular flexibility index (Phi) is 5.64. The summed E-state index contributed by atoms with van der Waals surface area (Å²) in [7, 11) is 1.60. The molecule has 0 saturated carbocycles. The maximum absolute atomic E-state index is 11.7. The zero-order valence-corrected chi connectivity index (χ0v) is 10.7. The molecule has 0 saturated heterocycles. The molecule has 0 aliphatic rings. The molecule has 3 amide bonds. The van der Waals surface area contributed by atoms with Gasteiger partial charge >= 0.3 is 12.0 Å². The summed E-state index contributed by atoms with van der Waals surface area (Å²) in [6, 6.07) is -0.507. The second kappa shape index (κ2) is 6.22. The Hall–Kier alpha value is -1.59. The number of amides is 3. The average molecular weight is 244 g/mol. The van der Waals surface area contributed by atoms with E-state index in [1.165, 1.54) is 4.90 Å². The third-order valence-electron chi connectivity index (χ3n) is 2.89. The van der Waals surface area contributed by atoms with Gasteiger partial charge in [-0.3, -0.25) is 14.9 Å². The standard InChI is InChI=1S/C11H20N2O4/c1-5-11(2,3)13(4)10(17)12-8(14)6-7-9(15)16/h5-7H2,1-4H3,(H,15,16)(H,12,14,17). The molecule has 98 valence electrons. The maximum Gasteiger partial charge on any atom is 0.324 e. The fraction of sp³-hybridized carbons (Fsp3) is 0.727. The fourth-order valence-electron chi connectivity index (χ4n) is 0.998. The van der Waals surface area contributed by atoms with Gasteiger partial charge in [0, 0.05) is 19.0 Å². The van der Waals surface area contributed by atoms with Gasteiger partial charge in [-0.15, -0.1) is 0 Å². The molecular formula is C11H20N2O4. The summed E-state index contributed by atoms with van der Waals surface area (Å²) in [5, 5.41) is 10.6. The van der Waals surface area contributed by atoms with Crippen LogP contribution in [0.5, 0.6) is 0 Å². The number of carbonyl (C=O) groups excluding carboxylic acids is 2. The van der Waals surface area contributed by atoms with Crippen LogP contribution in [0.4, 0.5) is 4.79 Å². The van der Waals surface area contributed by atoms with Crippen molar-refractivity contribution in [3.05, 3.63) is 0 Å². The largest absolute Gasteiger partial charge is 0.481 e. The van der Waals surface area contributed by atoms with Gasteiger partial charge in [-0.1, -0.05) is 6.92 Å². The Labute approximate surface area is 101 Å². The summed E-state index contributed by atoms with van der Waals surface area (Å²) in [5.41, 5.74) is -0.350. The number of aliphatic carboxylic acids is 1. The van der Waals surface area contributed by atoms with Crippen LogP contribution in [0.3, 0.4) is 0 Å². The van der Waals surface area contributed by atoms with Crippen LogP contribution in [0.1, 0.15) is 40.0 Å². The van der Waals surface area contributed by atoms with Gasteiger partial charge in [-0.2, -0.15) is 0 Å². The third kappa shape index (κ3) is 5.33. The van der Waals surface area contributed by atoms with Crippen LogP contribution in [0, 0.1) is 0 Å². The van der Waals surface area contributed by atoms with Crippen molar-refractivity contribution >= 4 is 17.9 Å². The van der Waals surface area contributed by atoms with Gasteiger partial charge in [0.05, 0.1) is 6.42 Å². The highest BCUT2D eigenvalue weighted by atomic mass is 16.4. The number of imide groups is 1. The van der Waals surface area contributed by atoms with Crippen LogP contribution in [0.25, 0.3) is 0 Å². The lowest BCUT2D eigenvalue weighted by Gasteiger charge is -2.34. The van der Waals surface area contributed by atoms with Gasteiger partial charge in [-0.25, -0.2) is 4.79 Å². The highest BCUT2D eigenvalue weighted by Crippen LogP contribution is 2.16. The molecule has 17 heavy (non-hydrogen) atoms. The molecule has 6 heteroatoms. The summed E-state index contributed by atoms with van der Waals surface area (Å²) in [6.45, 7) is 5.71. The highest BCUT2D eigenvalue weighted by Gasteiger charge is 2.26. The van der Waals surface area contributed by atoms with Crippen molar-refractivity contribution in [3.63, 3.8) is 0 Å². The lowest BCUT2D eigenvalue weighted by molar-refractivity contribution is -0.138. The minimum Gasteiger partial charge on any atom is -0.481 e. The number of hydrogen-bond acceptors (Lipinski definition) is 3. The fourth-order valence-corrected chi connectivity index (χ4v) is 0.998. The predicted octanol–water partition coefficient (Wildman–Crippen LogP) is 1.21. The Morgan fingerprint density at radius 1 is 1.24 bits per heavy atom. The summed E-state index contributed by atoms with van der Waals surface area (Å²) in [6.07, 6.45) is 0.279. The van der Waals surface area contributed by atoms with E-state index in [-0.39, 0.29) is 18.4 Å². The normalized spacial score (nSPS) is 10.8. The molecule has 6 nitrogen and oxygen atoms in total. The van der Waals surface area contributed by atoms with Gasteiger partial charge in [0.1, 0.15) is 0 Å². The molecule has 0 aromatic rings. The van der Waals surface area contributed by atoms with E-state index in [4.69, 9.17) is 5.11 Å². The maximum atomic E-state index is 11.7. The summed E-state index contributed by atoms with van der Waals surface area (Å²) in [4.78, 5) is 34.6. The van der Waals surface area contributed by atoms with Crippen molar-refractivity contribution in [3.8, 4) is 0 Å². The van der Waals surface area contributed by atoms with E-state index in [2.05, 4.69) is 5.32 Å². The molecule has 0 aromatic carbocycles. The smallest absolute Gasteiger partial charge is 0.324 e. The number of nitrogens with zero attached hydrogens (tertiary/aromatic N) is 1. The lowest BCUT2D eigenvalue weighted by atomic mass is 10.0. The van der Waals surface area contributed by atoms with Crippen molar-refractivity contribution < 1.29 is 19.5 Å². The quantitative estimate of drug-likeness (QED) is 0.761. The number of carbonyl (C=O) groups is 3. The molecule has 0 bridgehead atoms. The Balaban J connectivity index is 4.26. The van der Waals surface area contributed by atoms with Crippen molar-refractivity contribution in [2.24, 2.45) is 0 Å². The minimum atomic E-state index is -1.06. The van der Waals surface area contributed by atoms with E-state index in [9.17, 15) is 14.4 Å². The number of carboxylic acid groups (broad SMARTS) is 1. The van der Waals surface area contributed by atoms with Crippen molar-refractivity contribution in [1.29, 1.82) is 0 Å². The van der Waals surface area contributed by atoms with E-state index in [0.717, 1.165) is 6.42 Å². The van der Waals surface area contributed by atoms with Gasteiger partial charge in [0.15, 0.2) is 0 Å². The van der Waals surface area contributed by atoms with Crippen molar-refractivity contribution in [2.45, 2.75) is 45.6 Å². The minimum absolute atomic E-state index is 0.193. The van der Waals surface area contributed by atoms with Gasteiger partial charge < -0.3 is 10.0 Å². The molecule has 0 unspecified atom stereocenters. The van der Waals surface area contributed by atoms with Crippen LogP contribution >= 0.6 is 0 Å². The van der Waals surface area contributed by atoms with E-state index in [1.54, 1.807) is 7.05 Å². The first-order valence-electron chi connectivity index (χ1n) is 5.50. The van der Waals surface area contributed by atoms with Crippen LogP contribution < -0.4 is 5.32 Å². The molecule has 0 aromatic heterocycles. The van der Waals surface area contributed by atoms with Crippen LogP contribution in [-0.4, -0.2) is 40.5 Å². The number of hydrogen-bond donors (Lipinski definition) is 2. The molecular weight excluding hydrogens is 224 g/mol. The van der Waals surface area contributed by atoms with Crippen LogP contribution in [0.15, 0.2) is 0 Å². The third-order valence-corrected chi connectivity index (χ3v) is 2.89. The average Bonchev–Trinajstić information content (AvgIpc) is 2.25. The monoisotopic (exact) mass is 244 g/mol. The zero-order chi connectivity index (χ0) is 13.6. The molecule has 0 aliphatic heterocycles. The Morgan fingerprint density at radius 2 is 1.76 bits per heavy atom. The highest BCUT2D eigenvalue weighted by molar-refractivity contribution is 5.95. The molecule has 0 radical (unpaired) electrons. The number of urea groups is 1. The van der Waals surface area contributed by atoms with Crippen LogP contribution in [-0.2, 0) is 9.59 Å². The molecule has 0 fully saturated rings. The first kappa shape index (κ1) is 15.4. The van der Waals surface area contributed by atoms with E-state index in [0.29, 0.717) is 0 Å². The van der Waals surface area contributed by atoms with Crippen molar-refractivity contribution in [1.82, 2.24) is 10.2 Å². The summed E-state index contributed by atoms with van der Waals surface area (Å²) < 4.78 is 0. The molecule has 0 heterocycles. The predicted molar refractivity (Wildman–Crippen MR) is 62.5 cm³/mol. The second-order valence-corrected chi connectivity index (χ2v) is 4.47. The zero-order valence-electron chi connectivity index (χ0n) is 10.7. The van der Waals surface area contributed by atoms with E-state index >= 15 is 0 Å². The summed E-state index contributed by atoms with van der Waals surface area (Å²) >= 11 is 0. The lowest BCUT2D eigenvalue weighted by Crippen LogP contribution is -2.50. The Morgan fingerprint density at radius 3 is 2.18 bits per heavy atom. The van der Waals surface area contributed by atoms with Gasteiger partial charge in [0.2, 0.25) is 5.91 Å². The number of carboxylic acids is 1. The number of rotatable bonds is 5. The molecule has 0 aliphatic carbocycles. The number of nitrogens with one attached hydrogen (secondary N) is 1. The first-order valence-corrected chi connectivity index (χ1v) is 5.50. The molecule has 2 N–H and O–H groups in total. The van der Waals surface area contributed by atoms with E-state index < -0.39 is 17.9 Å². The van der Waals surface area contributed by atoms with Gasteiger partial charge in [0.25, 0.3) is 0 Å². The van der Waals surface area contributed by atoms with Crippen LogP contribution in [0.2, 0.25) is 0 Å². The SMILES string of the molecule is CCC(C)(C)N(C)C(=O)NC(=O)CCC(=O)O. The second-order valence-electron chi connectivity index (χ2n) is 4.47. The van der Waals surface area contributed by atoms with Gasteiger partial charge in [-0.05, 0) is 20.3 Å². The van der Waals surface area contributed by atoms with E-state index in [1.807, 2.05) is 20.8 Å². The van der Waals surface area contributed by atoms with Crippen molar-refractivity contribution in [2.75, 3.05) is 7.05 Å². The Bertz CT molecular complexity index is 313. The first-order chi connectivity index (χ1) is 7.70. The topological polar surface area (TPSA) is 86.7 Å². The molecule has 0 spiro atoms.